The molecule has 0 spiro atoms. The molecule has 0 aliphatic carbocycles. The van der Waals surface area contributed by atoms with Gasteiger partial charge in [0.05, 0.1) is 6.04 Å². The van der Waals surface area contributed by atoms with Gasteiger partial charge >= 0.3 is 0 Å². The fraction of sp³-hybridized carbons (Fsp3) is 0.529. The second kappa shape index (κ2) is 8.40. The van der Waals surface area contributed by atoms with Gasteiger partial charge in [0.15, 0.2) is 11.5 Å². The number of ether oxygens (including phenoxy) is 2. The largest absolute Gasteiger partial charge is 0.454 e. The highest BCUT2D eigenvalue weighted by Gasteiger charge is 2.28. The van der Waals surface area contributed by atoms with Crippen LogP contribution in [0.3, 0.4) is 0 Å². The lowest BCUT2D eigenvalue weighted by molar-refractivity contribution is -0.134. The molecule has 1 aromatic carbocycles. The van der Waals surface area contributed by atoms with Crippen LogP contribution < -0.4 is 15.2 Å². The van der Waals surface area contributed by atoms with Crippen LogP contribution in [0.15, 0.2) is 18.2 Å². The Morgan fingerprint density at radius 1 is 1.12 bits per heavy atom. The third kappa shape index (κ3) is 4.16. The van der Waals surface area contributed by atoms with Gasteiger partial charge in [0.1, 0.15) is 0 Å². The highest BCUT2D eigenvalue weighted by molar-refractivity contribution is 5.95. The zero-order chi connectivity index (χ0) is 17.1. The Morgan fingerprint density at radius 3 is 2.44 bits per heavy atom. The first-order valence-electron chi connectivity index (χ1n) is 8.33. The molecular weight excluding hydrogens is 346 g/mol. The molecule has 2 aliphatic rings. The normalized spacial score (nSPS) is 17.0. The van der Waals surface area contributed by atoms with Crippen LogP contribution >= 0.6 is 12.4 Å². The summed E-state index contributed by atoms with van der Waals surface area (Å²) in [5.74, 6) is 1.18. The Bertz CT molecular complexity index is 632. The van der Waals surface area contributed by atoms with E-state index in [0.29, 0.717) is 49.7 Å². The second-order valence-electron chi connectivity index (χ2n) is 6.08. The van der Waals surface area contributed by atoms with Crippen molar-refractivity contribution in [3.8, 4) is 11.5 Å². The van der Waals surface area contributed by atoms with Crippen molar-refractivity contribution in [1.29, 1.82) is 0 Å². The molecule has 0 radical (unpaired) electrons. The van der Waals surface area contributed by atoms with Crippen molar-refractivity contribution >= 4 is 24.2 Å². The van der Waals surface area contributed by atoms with Gasteiger partial charge < -0.3 is 25.0 Å². The molecule has 0 bridgehead atoms. The van der Waals surface area contributed by atoms with Crippen molar-refractivity contribution in [2.45, 2.75) is 25.8 Å². The highest BCUT2D eigenvalue weighted by atomic mass is 35.5. The van der Waals surface area contributed by atoms with E-state index >= 15 is 0 Å². The summed E-state index contributed by atoms with van der Waals surface area (Å²) in [7, 11) is 0. The number of benzene rings is 1. The Balaban J connectivity index is 0.00000225. The minimum atomic E-state index is -0.439. The molecule has 2 N–H and O–H groups in total. The van der Waals surface area contributed by atoms with Crippen LogP contribution in [0.2, 0.25) is 0 Å². The number of amides is 2. The summed E-state index contributed by atoms with van der Waals surface area (Å²) < 4.78 is 10.6. The molecule has 2 amide bonds. The Kier molecular flexibility index (Phi) is 6.50. The van der Waals surface area contributed by atoms with Crippen LogP contribution in [-0.4, -0.2) is 60.6 Å². The summed E-state index contributed by atoms with van der Waals surface area (Å²) in [5, 5.41) is 0. The van der Waals surface area contributed by atoms with Gasteiger partial charge in [0.2, 0.25) is 12.7 Å². The summed E-state index contributed by atoms with van der Waals surface area (Å²) in [4.78, 5) is 28.4. The first-order chi connectivity index (χ1) is 11.6. The van der Waals surface area contributed by atoms with Crippen molar-refractivity contribution in [3.05, 3.63) is 23.8 Å². The summed E-state index contributed by atoms with van der Waals surface area (Å²) in [6.45, 7) is 4.26. The average molecular weight is 370 g/mol. The predicted molar refractivity (Wildman–Crippen MR) is 95.2 cm³/mol. The summed E-state index contributed by atoms with van der Waals surface area (Å²) in [6, 6.07) is 4.76. The molecule has 1 aromatic rings. The van der Waals surface area contributed by atoms with E-state index in [-0.39, 0.29) is 31.0 Å². The third-order valence-electron chi connectivity index (χ3n) is 4.41. The van der Waals surface area contributed by atoms with Crippen LogP contribution in [-0.2, 0) is 4.79 Å². The van der Waals surface area contributed by atoms with E-state index < -0.39 is 6.04 Å². The molecule has 1 unspecified atom stereocenters. The fourth-order valence-electron chi connectivity index (χ4n) is 3.01. The van der Waals surface area contributed by atoms with Crippen LogP contribution in [0, 0.1) is 0 Å². The fourth-order valence-corrected chi connectivity index (χ4v) is 3.01. The van der Waals surface area contributed by atoms with E-state index in [1.165, 1.54) is 0 Å². The number of nitrogens with zero attached hydrogens (tertiary/aromatic N) is 2. The Morgan fingerprint density at radius 2 is 1.76 bits per heavy atom. The van der Waals surface area contributed by atoms with E-state index in [4.69, 9.17) is 15.2 Å². The van der Waals surface area contributed by atoms with E-state index in [2.05, 4.69) is 0 Å². The SMILES string of the molecule is CCCC(N)C(=O)N1CCN(C(=O)c2ccc3c(c2)OCO3)CC1.Cl. The molecule has 0 aromatic heterocycles. The summed E-state index contributed by atoms with van der Waals surface area (Å²) >= 11 is 0. The van der Waals surface area contributed by atoms with Crippen molar-refractivity contribution in [1.82, 2.24) is 9.80 Å². The number of fused-ring (bicyclic) bond motifs is 1. The molecule has 2 heterocycles. The minimum Gasteiger partial charge on any atom is -0.454 e. The smallest absolute Gasteiger partial charge is 0.254 e. The van der Waals surface area contributed by atoms with Crippen molar-refractivity contribution < 1.29 is 19.1 Å². The minimum absolute atomic E-state index is 0. The maximum atomic E-state index is 12.6. The van der Waals surface area contributed by atoms with Gasteiger partial charge in [-0.3, -0.25) is 9.59 Å². The molecular formula is C17H24ClN3O4. The van der Waals surface area contributed by atoms with E-state index in [1.807, 2.05) is 6.92 Å². The molecule has 1 fully saturated rings. The Hall–Kier alpha value is -1.99. The third-order valence-corrected chi connectivity index (χ3v) is 4.41. The number of hydrogen-bond donors (Lipinski definition) is 1. The predicted octanol–water partition coefficient (Wildman–Crippen LogP) is 1.25. The number of hydrogen-bond acceptors (Lipinski definition) is 5. The number of rotatable bonds is 4. The Labute approximate surface area is 153 Å². The zero-order valence-corrected chi connectivity index (χ0v) is 15.1. The lowest BCUT2D eigenvalue weighted by atomic mass is 10.1. The molecule has 3 rings (SSSR count). The molecule has 1 saturated heterocycles. The first kappa shape index (κ1) is 19.3. The zero-order valence-electron chi connectivity index (χ0n) is 14.3. The number of nitrogens with two attached hydrogens (primary N) is 1. The van der Waals surface area contributed by atoms with Gasteiger partial charge in [0.25, 0.3) is 5.91 Å². The van der Waals surface area contributed by atoms with E-state index in [9.17, 15) is 9.59 Å². The topological polar surface area (TPSA) is 85.1 Å². The van der Waals surface area contributed by atoms with E-state index in [1.54, 1.807) is 28.0 Å². The van der Waals surface area contributed by atoms with Gasteiger partial charge in [-0.15, -0.1) is 12.4 Å². The summed E-state index contributed by atoms with van der Waals surface area (Å²) in [6.07, 6.45) is 1.57. The molecule has 1 atom stereocenters. The van der Waals surface area contributed by atoms with E-state index in [0.717, 1.165) is 6.42 Å². The number of halogens is 1. The molecule has 8 heteroatoms. The average Bonchev–Trinajstić information content (AvgIpc) is 3.08. The first-order valence-corrected chi connectivity index (χ1v) is 8.33. The van der Waals surface area contributed by atoms with Gasteiger partial charge in [0, 0.05) is 31.7 Å². The highest BCUT2D eigenvalue weighted by Crippen LogP contribution is 2.32. The lowest BCUT2D eigenvalue weighted by Gasteiger charge is -2.36. The van der Waals surface area contributed by atoms with Crippen molar-refractivity contribution in [2.24, 2.45) is 5.73 Å². The van der Waals surface area contributed by atoms with Crippen LogP contribution in [0.5, 0.6) is 11.5 Å². The molecule has 138 valence electrons. The quantitative estimate of drug-likeness (QED) is 0.863. The van der Waals surface area contributed by atoms with Gasteiger partial charge in [-0.2, -0.15) is 0 Å². The molecule has 0 saturated carbocycles. The van der Waals surface area contributed by atoms with Crippen molar-refractivity contribution in [3.63, 3.8) is 0 Å². The van der Waals surface area contributed by atoms with Gasteiger partial charge in [-0.1, -0.05) is 13.3 Å². The number of carbonyl (C=O) groups excluding carboxylic acids is 2. The van der Waals surface area contributed by atoms with Crippen LogP contribution in [0.4, 0.5) is 0 Å². The van der Waals surface area contributed by atoms with Gasteiger partial charge in [-0.25, -0.2) is 0 Å². The van der Waals surface area contributed by atoms with Crippen LogP contribution in [0.25, 0.3) is 0 Å². The molecule has 2 aliphatic heterocycles. The standard InChI is InChI=1S/C17H23N3O4.ClH/c1-2-3-13(18)17(22)20-8-6-19(7-9-20)16(21)12-4-5-14-15(10-12)24-11-23-14;/h4-5,10,13H,2-3,6-9,11,18H2,1H3;1H. The van der Waals surface area contributed by atoms with Crippen molar-refractivity contribution in [2.75, 3.05) is 33.0 Å². The summed E-state index contributed by atoms with van der Waals surface area (Å²) in [5.41, 5.74) is 6.47. The van der Waals surface area contributed by atoms with Crippen LogP contribution in [0.1, 0.15) is 30.1 Å². The number of piperazine rings is 1. The maximum Gasteiger partial charge on any atom is 0.254 e. The second-order valence-corrected chi connectivity index (χ2v) is 6.08. The number of carbonyl (C=O) groups is 2. The molecule has 25 heavy (non-hydrogen) atoms. The monoisotopic (exact) mass is 369 g/mol. The van der Waals surface area contributed by atoms with Gasteiger partial charge in [-0.05, 0) is 24.6 Å². The molecule has 7 nitrogen and oxygen atoms in total. The maximum absolute atomic E-state index is 12.6. The lowest BCUT2D eigenvalue weighted by Crippen LogP contribution is -2.54.